The molecule has 1 heterocycles. The zero-order valence-corrected chi connectivity index (χ0v) is 13.5. The molecule has 2 N–H and O–H groups in total. The average molecular weight is 336 g/mol. The lowest BCUT2D eigenvalue weighted by molar-refractivity contribution is 0.187. The molecular formula is C18H16N4O3. The van der Waals surface area contributed by atoms with Crippen molar-refractivity contribution in [1.82, 2.24) is 10.2 Å². The van der Waals surface area contributed by atoms with Gasteiger partial charge >= 0.3 is 6.09 Å². The van der Waals surface area contributed by atoms with Crippen LogP contribution in [0.25, 0.3) is 0 Å². The van der Waals surface area contributed by atoms with E-state index < -0.39 is 6.09 Å². The Labute approximate surface area is 144 Å². The van der Waals surface area contributed by atoms with Crippen LogP contribution < -0.4 is 15.4 Å². The molecule has 3 aromatic rings. The third-order valence-corrected chi connectivity index (χ3v) is 3.20. The van der Waals surface area contributed by atoms with Crippen LogP contribution in [-0.2, 0) is 4.74 Å². The van der Waals surface area contributed by atoms with E-state index in [2.05, 4.69) is 25.6 Å². The molecule has 126 valence electrons. The molecule has 7 heteroatoms. The van der Waals surface area contributed by atoms with Crippen LogP contribution in [0.15, 0.2) is 66.7 Å². The predicted molar refractivity (Wildman–Crippen MR) is 94.3 cm³/mol. The highest BCUT2D eigenvalue weighted by molar-refractivity contribution is 5.83. The summed E-state index contributed by atoms with van der Waals surface area (Å²) in [4.78, 5) is 11.1. The largest absolute Gasteiger partial charge is 0.455 e. The number of hydrogen-bond acceptors (Lipinski definition) is 6. The number of nitrogens with one attached hydrogen (secondary N) is 2. The van der Waals surface area contributed by atoms with E-state index in [-0.39, 0.29) is 0 Å². The first-order valence-electron chi connectivity index (χ1n) is 7.52. The molecule has 1 aromatic heterocycles. The molecule has 0 radical (unpaired) electrons. The maximum Gasteiger partial charge on any atom is 0.412 e. The minimum absolute atomic E-state index is 0.297. The zero-order valence-electron chi connectivity index (χ0n) is 13.5. The van der Waals surface area contributed by atoms with Crippen LogP contribution in [0.3, 0.4) is 0 Å². The molecule has 0 bridgehead atoms. The second-order valence-corrected chi connectivity index (χ2v) is 4.96. The van der Waals surface area contributed by atoms with E-state index in [4.69, 9.17) is 4.74 Å². The van der Waals surface area contributed by atoms with Crippen molar-refractivity contribution in [1.29, 1.82) is 0 Å². The number of rotatable bonds is 5. The standard InChI is InChI=1S/C18H16N4O3/c1-24-18(23)20-17-12-11-16(21-22-17)19-14-9-5-6-10-15(14)25-13-7-3-2-4-8-13/h2-12H,1H3,(H,19,21)(H,20,22,23). The van der Waals surface area contributed by atoms with Crippen LogP contribution in [0.1, 0.15) is 0 Å². The molecule has 0 unspecified atom stereocenters. The van der Waals surface area contributed by atoms with E-state index in [0.717, 1.165) is 11.4 Å². The number of amides is 1. The third kappa shape index (κ3) is 4.44. The van der Waals surface area contributed by atoms with Gasteiger partial charge in [0.1, 0.15) is 5.75 Å². The van der Waals surface area contributed by atoms with E-state index in [1.54, 1.807) is 12.1 Å². The summed E-state index contributed by atoms with van der Waals surface area (Å²) >= 11 is 0. The maximum atomic E-state index is 11.1. The number of benzene rings is 2. The van der Waals surface area contributed by atoms with Gasteiger partial charge in [0.05, 0.1) is 12.8 Å². The summed E-state index contributed by atoms with van der Waals surface area (Å²) in [5, 5.41) is 13.5. The maximum absolute atomic E-state index is 11.1. The Morgan fingerprint density at radius 1 is 0.880 bits per heavy atom. The Morgan fingerprint density at radius 3 is 2.28 bits per heavy atom. The highest BCUT2D eigenvalue weighted by Crippen LogP contribution is 2.30. The molecule has 0 saturated carbocycles. The minimum atomic E-state index is -0.600. The fourth-order valence-electron chi connectivity index (χ4n) is 2.03. The number of aromatic nitrogens is 2. The number of para-hydroxylation sites is 3. The van der Waals surface area contributed by atoms with Crippen LogP contribution in [0, 0.1) is 0 Å². The molecule has 2 aromatic carbocycles. The van der Waals surface area contributed by atoms with Gasteiger partial charge in [-0.1, -0.05) is 30.3 Å². The van der Waals surface area contributed by atoms with E-state index in [0.29, 0.717) is 17.4 Å². The Balaban J connectivity index is 1.73. The number of nitrogens with zero attached hydrogens (tertiary/aromatic N) is 2. The van der Waals surface area contributed by atoms with Crippen molar-refractivity contribution < 1.29 is 14.3 Å². The van der Waals surface area contributed by atoms with Gasteiger partial charge in [0.2, 0.25) is 0 Å². The first-order chi connectivity index (χ1) is 12.2. The number of hydrogen-bond donors (Lipinski definition) is 2. The molecule has 0 aliphatic carbocycles. The molecule has 25 heavy (non-hydrogen) atoms. The molecule has 3 rings (SSSR count). The topological polar surface area (TPSA) is 85.4 Å². The summed E-state index contributed by atoms with van der Waals surface area (Å²) < 4.78 is 10.4. The third-order valence-electron chi connectivity index (χ3n) is 3.20. The smallest absolute Gasteiger partial charge is 0.412 e. The lowest BCUT2D eigenvalue weighted by atomic mass is 10.3. The number of ether oxygens (including phenoxy) is 2. The van der Waals surface area contributed by atoms with Gasteiger partial charge in [-0.25, -0.2) is 4.79 Å². The fourth-order valence-corrected chi connectivity index (χ4v) is 2.03. The summed E-state index contributed by atoms with van der Waals surface area (Å²) in [5.74, 6) is 2.21. The molecule has 1 amide bonds. The highest BCUT2D eigenvalue weighted by atomic mass is 16.5. The van der Waals surface area contributed by atoms with Crippen molar-refractivity contribution in [2.45, 2.75) is 0 Å². The molecule has 0 aliphatic rings. The van der Waals surface area contributed by atoms with Crippen molar-refractivity contribution >= 4 is 23.4 Å². The first kappa shape index (κ1) is 16.3. The van der Waals surface area contributed by atoms with Gasteiger partial charge in [-0.15, -0.1) is 10.2 Å². The summed E-state index contributed by atoms with van der Waals surface area (Å²) in [6.07, 6.45) is -0.600. The normalized spacial score (nSPS) is 9.96. The Morgan fingerprint density at radius 2 is 1.56 bits per heavy atom. The molecule has 0 spiro atoms. The summed E-state index contributed by atoms with van der Waals surface area (Å²) in [6.45, 7) is 0. The van der Waals surface area contributed by atoms with Crippen molar-refractivity contribution in [3.8, 4) is 11.5 Å². The number of carbonyl (C=O) groups excluding carboxylic acids is 1. The quantitative estimate of drug-likeness (QED) is 0.726. The highest BCUT2D eigenvalue weighted by Gasteiger charge is 2.07. The minimum Gasteiger partial charge on any atom is -0.455 e. The van der Waals surface area contributed by atoms with Crippen molar-refractivity contribution in [2.24, 2.45) is 0 Å². The zero-order chi connectivity index (χ0) is 17.5. The van der Waals surface area contributed by atoms with E-state index >= 15 is 0 Å². The molecule has 0 aliphatic heterocycles. The van der Waals surface area contributed by atoms with Crippen LogP contribution in [0.5, 0.6) is 11.5 Å². The van der Waals surface area contributed by atoms with Crippen molar-refractivity contribution in [2.75, 3.05) is 17.7 Å². The van der Waals surface area contributed by atoms with Gasteiger partial charge in [0.15, 0.2) is 17.4 Å². The van der Waals surface area contributed by atoms with Crippen molar-refractivity contribution in [3.05, 3.63) is 66.7 Å². The van der Waals surface area contributed by atoms with E-state index in [9.17, 15) is 4.79 Å². The SMILES string of the molecule is COC(=O)Nc1ccc(Nc2ccccc2Oc2ccccc2)nn1. The molecular weight excluding hydrogens is 320 g/mol. The second-order valence-electron chi connectivity index (χ2n) is 4.96. The van der Waals surface area contributed by atoms with Crippen LogP contribution >= 0.6 is 0 Å². The Hall–Kier alpha value is -3.61. The number of methoxy groups -OCH3 is 1. The van der Waals surface area contributed by atoms with Crippen LogP contribution in [0.4, 0.5) is 22.1 Å². The van der Waals surface area contributed by atoms with Crippen LogP contribution in [0.2, 0.25) is 0 Å². The average Bonchev–Trinajstić information content (AvgIpc) is 2.65. The summed E-state index contributed by atoms with van der Waals surface area (Å²) in [5.41, 5.74) is 0.745. The Bertz CT molecular complexity index is 838. The van der Waals surface area contributed by atoms with E-state index in [1.165, 1.54) is 7.11 Å². The lowest BCUT2D eigenvalue weighted by Gasteiger charge is -2.12. The Kier molecular flexibility index (Phi) is 5.06. The predicted octanol–water partition coefficient (Wildman–Crippen LogP) is 4.19. The monoisotopic (exact) mass is 336 g/mol. The summed E-state index contributed by atoms with van der Waals surface area (Å²) in [6, 6.07) is 20.3. The molecule has 0 atom stereocenters. The van der Waals surface area contributed by atoms with Gasteiger partial charge in [-0.05, 0) is 36.4 Å². The molecule has 0 saturated heterocycles. The fraction of sp³-hybridized carbons (Fsp3) is 0.0556. The number of carbonyl (C=O) groups is 1. The van der Waals surface area contributed by atoms with Crippen LogP contribution in [-0.4, -0.2) is 23.4 Å². The second kappa shape index (κ2) is 7.78. The number of anilines is 3. The van der Waals surface area contributed by atoms with Gasteiger partial charge in [0.25, 0.3) is 0 Å². The molecule has 7 nitrogen and oxygen atoms in total. The van der Waals surface area contributed by atoms with Gasteiger partial charge in [0, 0.05) is 0 Å². The van der Waals surface area contributed by atoms with Gasteiger partial charge in [-0.3, -0.25) is 5.32 Å². The molecule has 0 fully saturated rings. The van der Waals surface area contributed by atoms with E-state index in [1.807, 2.05) is 54.6 Å². The summed E-state index contributed by atoms with van der Waals surface area (Å²) in [7, 11) is 1.28. The van der Waals surface area contributed by atoms with Gasteiger partial charge < -0.3 is 14.8 Å². The van der Waals surface area contributed by atoms with Crippen molar-refractivity contribution in [3.63, 3.8) is 0 Å². The lowest BCUT2D eigenvalue weighted by Crippen LogP contribution is -2.12. The van der Waals surface area contributed by atoms with Gasteiger partial charge in [-0.2, -0.15) is 0 Å². The first-order valence-corrected chi connectivity index (χ1v) is 7.52.